The molecule has 138 valence electrons. The first-order chi connectivity index (χ1) is 13.1. The molecule has 0 aliphatic heterocycles. The number of benzene rings is 1. The van der Waals surface area contributed by atoms with Crippen LogP contribution in [-0.2, 0) is 11.2 Å². The molecule has 1 aliphatic rings. The molecule has 1 atom stereocenters. The molecule has 6 nitrogen and oxygen atoms in total. The Hall–Kier alpha value is -3.09. The number of aromatic nitrogens is 4. The molecule has 27 heavy (non-hydrogen) atoms. The highest BCUT2D eigenvalue weighted by atomic mass is 19.1. The van der Waals surface area contributed by atoms with E-state index in [0.717, 1.165) is 24.1 Å². The summed E-state index contributed by atoms with van der Waals surface area (Å²) in [6.45, 7) is 1.85. The number of carbonyl (C=O) groups is 1. The molecule has 0 radical (unpaired) electrons. The van der Waals surface area contributed by atoms with Crippen molar-refractivity contribution in [1.29, 1.82) is 0 Å². The van der Waals surface area contributed by atoms with Gasteiger partial charge in [-0.3, -0.25) is 4.79 Å². The third-order valence-electron chi connectivity index (χ3n) is 4.62. The van der Waals surface area contributed by atoms with E-state index < -0.39 is 0 Å². The molecule has 0 spiro atoms. The Morgan fingerprint density at radius 2 is 1.96 bits per heavy atom. The van der Waals surface area contributed by atoms with Gasteiger partial charge in [0.2, 0.25) is 5.91 Å². The van der Waals surface area contributed by atoms with E-state index in [-0.39, 0.29) is 17.6 Å². The lowest BCUT2D eigenvalue weighted by molar-refractivity contribution is -0.119. The molecule has 1 saturated carbocycles. The van der Waals surface area contributed by atoms with E-state index in [1.807, 2.05) is 13.0 Å². The second-order valence-corrected chi connectivity index (χ2v) is 6.91. The molecule has 2 aromatic heterocycles. The van der Waals surface area contributed by atoms with Crippen LogP contribution in [0.25, 0.3) is 5.95 Å². The topological polar surface area (TPSA) is 72.7 Å². The average molecular weight is 365 g/mol. The zero-order valence-corrected chi connectivity index (χ0v) is 15.0. The van der Waals surface area contributed by atoms with Gasteiger partial charge in [-0.1, -0.05) is 19.1 Å². The van der Waals surface area contributed by atoms with Crippen molar-refractivity contribution in [3.63, 3.8) is 0 Å². The first-order valence-corrected chi connectivity index (χ1v) is 9.03. The fourth-order valence-corrected chi connectivity index (χ4v) is 2.94. The van der Waals surface area contributed by atoms with E-state index in [1.54, 1.807) is 35.3 Å². The standard InChI is InChI=1S/C20H20FN5O/c1-13(11-14-3-7-16(21)8-4-14)19(27)24-18-12-17(15-5-6-15)25-26(18)20-22-9-2-10-23-20/h2-4,7-10,12-13,15H,5-6,11H2,1H3,(H,24,27). The third kappa shape index (κ3) is 4.02. The number of carbonyl (C=O) groups excluding carboxylic acids is 1. The fraction of sp³-hybridized carbons (Fsp3) is 0.300. The Morgan fingerprint density at radius 1 is 1.26 bits per heavy atom. The number of nitrogens with zero attached hydrogens (tertiary/aromatic N) is 4. The van der Waals surface area contributed by atoms with Gasteiger partial charge in [0.05, 0.1) is 5.69 Å². The number of halogens is 1. The number of hydrogen-bond acceptors (Lipinski definition) is 4. The van der Waals surface area contributed by atoms with Crippen LogP contribution < -0.4 is 5.32 Å². The zero-order chi connectivity index (χ0) is 18.8. The van der Waals surface area contributed by atoms with E-state index in [9.17, 15) is 9.18 Å². The number of hydrogen-bond donors (Lipinski definition) is 1. The van der Waals surface area contributed by atoms with E-state index in [1.165, 1.54) is 12.1 Å². The normalized spacial score (nSPS) is 14.7. The second kappa shape index (κ2) is 7.26. The lowest BCUT2D eigenvalue weighted by Crippen LogP contribution is -2.24. The third-order valence-corrected chi connectivity index (χ3v) is 4.62. The summed E-state index contributed by atoms with van der Waals surface area (Å²) in [5.74, 6) is 0.751. The maximum atomic E-state index is 13.0. The van der Waals surface area contributed by atoms with Gasteiger partial charge in [0.1, 0.15) is 11.6 Å². The highest BCUT2D eigenvalue weighted by Crippen LogP contribution is 2.40. The Labute approximate surface area is 156 Å². The summed E-state index contributed by atoms with van der Waals surface area (Å²) in [7, 11) is 0. The van der Waals surface area contributed by atoms with Crippen LogP contribution in [0.5, 0.6) is 0 Å². The molecular formula is C20H20FN5O. The van der Waals surface area contributed by atoms with E-state index in [4.69, 9.17) is 0 Å². The number of rotatable bonds is 6. The van der Waals surface area contributed by atoms with Crippen LogP contribution in [-0.4, -0.2) is 25.7 Å². The first-order valence-electron chi connectivity index (χ1n) is 9.03. The fourth-order valence-electron chi connectivity index (χ4n) is 2.94. The van der Waals surface area contributed by atoms with Crippen LogP contribution in [0.3, 0.4) is 0 Å². The molecule has 1 N–H and O–H groups in total. The lowest BCUT2D eigenvalue weighted by atomic mass is 10.0. The van der Waals surface area contributed by atoms with Crippen molar-refractivity contribution in [3.05, 3.63) is 65.9 Å². The summed E-state index contributed by atoms with van der Waals surface area (Å²) < 4.78 is 14.6. The summed E-state index contributed by atoms with van der Waals surface area (Å²) in [4.78, 5) is 21.2. The van der Waals surface area contributed by atoms with Gasteiger partial charge in [-0.25, -0.2) is 14.4 Å². The summed E-state index contributed by atoms with van der Waals surface area (Å²) in [5.41, 5.74) is 1.86. The first kappa shape index (κ1) is 17.3. The minimum Gasteiger partial charge on any atom is -0.310 e. The van der Waals surface area contributed by atoms with Crippen LogP contribution in [0.4, 0.5) is 10.2 Å². The van der Waals surface area contributed by atoms with E-state index >= 15 is 0 Å². The van der Waals surface area contributed by atoms with Gasteiger partial charge in [0.15, 0.2) is 0 Å². The van der Waals surface area contributed by atoms with Crippen LogP contribution in [0, 0.1) is 11.7 Å². The molecule has 0 saturated heterocycles. The van der Waals surface area contributed by atoms with Crippen LogP contribution >= 0.6 is 0 Å². The molecule has 1 aliphatic carbocycles. The minimum atomic E-state index is -0.282. The van der Waals surface area contributed by atoms with Gasteiger partial charge in [0.25, 0.3) is 5.95 Å². The summed E-state index contributed by atoms with van der Waals surface area (Å²) >= 11 is 0. The van der Waals surface area contributed by atoms with Crippen LogP contribution in [0.15, 0.2) is 48.8 Å². The lowest BCUT2D eigenvalue weighted by Gasteiger charge is -2.13. The van der Waals surface area contributed by atoms with Crippen molar-refractivity contribution in [2.75, 3.05) is 5.32 Å². The molecular weight excluding hydrogens is 345 g/mol. The SMILES string of the molecule is CC(Cc1ccc(F)cc1)C(=O)Nc1cc(C2CC2)nn1-c1ncccn1. The maximum Gasteiger partial charge on any atom is 0.252 e. The number of anilines is 1. The highest BCUT2D eigenvalue weighted by molar-refractivity contribution is 5.92. The molecule has 1 aromatic carbocycles. The van der Waals surface area contributed by atoms with Crippen LogP contribution in [0.2, 0.25) is 0 Å². The van der Waals surface area contributed by atoms with Crippen molar-refractivity contribution in [2.45, 2.75) is 32.1 Å². The Kier molecular flexibility index (Phi) is 4.66. The molecule has 1 fully saturated rings. The zero-order valence-electron chi connectivity index (χ0n) is 15.0. The summed E-state index contributed by atoms with van der Waals surface area (Å²) in [6.07, 6.45) is 6.03. The molecule has 2 heterocycles. The van der Waals surface area contributed by atoms with Gasteiger partial charge in [0, 0.05) is 30.3 Å². The van der Waals surface area contributed by atoms with Crippen molar-refractivity contribution >= 4 is 11.7 Å². The monoisotopic (exact) mass is 365 g/mol. The molecule has 3 aromatic rings. The van der Waals surface area contributed by atoms with Crippen LogP contribution in [0.1, 0.15) is 36.9 Å². The Bertz CT molecular complexity index is 935. The van der Waals surface area contributed by atoms with Gasteiger partial charge >= 0.3 is 0 Å². The van der Waals surface area contributed by atoms with Gasteiger partial charge in [-0.2, -0.15) is 9.78 Å². The van der Waals surface area contributed by atoms with E-state index in [2.05, 4.69) is 20.4 Å². The summed E-state index contributed by atoms with van der Waals surface area (Å²) in [6, 6.07) is 9.85. The molecule has 4 rings (SSSR count). The van der Waals surface area contributed by atoms with Gasteiger partial charge < -0.3 is 5.32 Å². The van der Waals surface area contributed by atoms with Crippen molar-refractivity contribution in [3.8, 4) is 5.95 Å². The Morgan fingerprint density at radius 3 is 2.63 bits per heavy atom. The second-order valence-electron chi connectivity index (χ2n) is 6.91. The molecule has 0 bridgehead atoms. The predicted octanol–water partition coefficient (Wildman–Crippen LogP) is 3.50. The smallest absolute Gasteiger partial charge is 0.252 e. The van der Waals surface area contributed by atoms with Gasteiger partial charge in [-0.15, -0.1) is 0 Å². The molecule has 7 heteroatoms. The predicted molar refractivity (Wildman–Crippen MR) is 99.0 cm³/mol. The minimum absolute atomic E-state index is 0.126. The van der Waals surface area contributed by atoms with Crippen molar-refractivity contribution < 1.29 is 9.18 Å². The number of amides is 1. The van der Waals surface area contributed by atoms with Crippen molar-refractivity contribution in [1.82, 2.24) is 19.7 Å². The largest absolute Gasteiger partial charge is 0.310 e. The average Bonchev–Trinajstić information content (AvgIpc) is 3.45. The molecule has 1 unspecified atom stereocenters. The van der Waals surface area contributed by atoms with Crippen molar-refractivity contribution in [2.24, 2.45) is 5.92 Å². The van der Waals surface area contributed by atoms with Gasteiger partial charge in [-0.05, 0) is 43.0 Å². The van der Waals surface area contributed by atoms with E-state index in [0.29, 0.717) is 24.1 Å². The summed E-state index contributed by atoms with van der Waals surface area (Å²) in [5, 5.41) is 7.53. The molecule has 1 amide bonds. The quantitative estimate of drug-likeness (QED) is 0.726. The number of nitrogens with one attached hydrogen (secondary N) is 1. The Balaban J connectivity index is 1.52. The maximum absolute atomic E-state index is 13.0. The highest BCUT2D eigenvalue weighted by Gasteiger charge is 2.28.